The van der Waals surface area contributed by atoms with Crippen molar-refractivity contribution in [2.45, 2.75) is 6.54 Å². The zero-order chi connectivity index (χ0) is 19.5. The number of amides is 1. The van der Waals surface area contributed by atoms with Crippen molar-refractivity contribution < 1.29 is 4.79 Å². The second-order valence-electron chi connectivity index (χ2n) is 6.35. The summed E-state index contributed by atoms with van der Waals surface area (Å²) in [6, 6.07) is 24.6. The SMILES string of the molecule is O=C(c1ccc(Cl)c(Cl)c1)N(Cc1cccc2ccccc12)c1ccccn1. The number of fused-ring (bicyclic) bond motifs is 1. The molecule has 0 aliphatic rings. The summed E-state index contributed by atoms with van der Waals surface area (Å²) < 4.78 is 0. The Morgan fingerprint density at radius 2 is 1.64 bits per heavy atom. The molecule has 0 fully saturated rings. The van der Waals surface area contributed by atoms with Gasteiger partial charge in [0.05, 0.1) is 16.6 Å². The second kappa shape index (κ2) is 8.01. The van der Waals surface area contributed by atoms with Gasteiger partial charge in [-0.2, -0.15) is 0 Å². The molecule has 138 valence electrons. The molecule has 1 amide bonds. The molecule has 0 aliphatic heterocycles. The quantitative estimate of drug-likeness (QED) is 0.393. The van der Waals surface area contributed by atoms with Crippen molar-refractivity contribution in [3.63, 3.8) is 0 Å². The number of carbonyl (C=O) groups excluding carboxylic acids is 1. The van der Waals surface area contributed by atoms with Crippen LogP contribution in [-0.4, -0.2) is 10.9 Å². The lowest BCUT2D eigenvalue weighted by Crippen LogP contribution is -2.31. The normalized spacial score (nSPS) is 10.8. The van der Waals surface area contributed by atoms with Crippen molar-refractivity contribution >= 4 is 45.7 Å². The average molecular weight is 407 g/mol. The molecule has 3 nitrogen and oxygen atoms in total. The molecule has 0 unspecified atom stereocenters. The van der Waals surface area contributed by atoms with Gasteiger partial charge in [-0.25, -0.2) is 4.98 Å². The summed E-state index contributed by atoms with van der Waals surface area (Å²) in [7, 11) is 0. The lowest BCUT2D eigenvalue weighted by Gasteiger charge is -2.23. The smallest absolute Gasteiger partial charge is 0.259 e. The molecule has 5 heteroatoms. The summed E-state index contributed by atoms with van der Waals surface area (Å²) in [4.78, 5) is 19.4. The van der Waals surface area contributed by atoms with E-state index >= 15 is 0 Å². The summed E-state index contributed by atoms with van der Waals surface area (Å²) >= 11 is 12.1. The molecule has 1 aromatic heterocycles. The van der Waals surface area contributed by atoms with Gasteiger partial charge in [0.1, 0.15) is 5.82 Å². The molecular formula is C23H16Cl2N2O. The highest BCUT2D eigenvalue weighted by Gasteiger charge is 2.20. The molecule has 4 rings (SSSR count). The highest BCUT2D eigenvalue weighted by atomic mass is 35.5. The molecule has 0 N–H and O–H groups in total. The third-order valence-corrected chi connectivity index (χ3v) is 5.28. The molecular weight excluding hydrogens is 391 g/mol. The van der Waals surface area contributed by atoms with E-state index in [2.05, 4.69) is 23.2 Å². The Hall–Kier alpha value is -2.88. The predicted molar refractivity (Wildman–Crippen MR) is 115 cm³/mol. The molecule has 0 saturated heterocycles. The van der Waals surface area contributed by atoms with E-state index < -0.39 is 0 Å². The highest BCUT2D eigenvalue weighted by molar-refractivity contribution is 6.42. The van der Waals surface area contributed by atoms with Gasteiger partial charge in [-0.3, -0.25) is 9.69 Å². The fourth-order valence-corrected chi connectivity index (χ4v) is 3.45. The van der Waals surface area contributed by atoms with Gasteiger partial charge in [-0.05, 0) is 46.7 Å². The van der Waals surface area contributed by atoms with Gasteiger partial charge in [0.15, 0.2) is 0 Å². The van der Waals surface area contributed by atoms with Crippen molar-refractivity contribution in [3.05, 3.63) is 106 Å². The van der Waals surface area contributed by atoms with Crippen LogP contribution >= 0.6 is 23.2 Å². The molecule has 0 bridgehead atoms. The minimum Gasteiger partial charge on any atom is -0.288 e. The van der Waals surface area contributed by atoms with Crippen molar-refractivity contribution in [1.29, 1.82) is 0 Å². The van der Waals surface area contributed by atoms with Crippen LogP contribution in [0.5, 0.6) is 0 Å². The third-order valence-electron chi connectivity index (χ3n) is 4.55. The lowest BCUT2D eigenvalue weighted by atomic mass is 10.0. The Bertz CT molecular complexity index is 1140. The topological polar surface area (TPSA) is 33.2 Å². The van der Waals surface area contributed by atoms with Gasteiger partial charge in [-0.1, -0.05) is 71.7 Å². The molecule has 0 spiro atoms. The minimum absolute atomic E-state index is 0.190. The Morgan fingerprint density at radius 1 is 0.857 bits per heavy atom. The zero-order valence-corrected chi connectivity index (χ0v) is 16.4. The van der Waals surface area contributed by atoms with E-state index in [4.69, 9.17) is 23.2 Å². The summed E-state index contributed by atoms with van der Waals surface area (Å²) in [5, 5.41) is 2.99. The molecule has 0 aliphatic carbocycles. The third kappa shape index (κ3) is 3.72. The number of hydrogen-bond donors (Lipinski definition) is 0. The molecule has 0 radical (unpaired) electrons. The molecule has 3 aromatic carbocycles. The number of halogens is 2. The number of aromatic nitrogens is 1. The number of carbonyl (C=O) groups is 1. The van der Waals surface area contributed by atoms with Crippen molar-refractivity contribution in [2.75, 3.05) is 4.90 Å². The molecule has 0 saturated carbocycles. The van der Waals surface area contributed by atoms with E-state index in [-0.39, 0.29) is 5.91 Å². The maximum atomic E-state index is 13.3. The standard InChI is InChI=1S/C23H16Cl2N2O/c24-20-12-11-17(14-21(20)25)23(28)27(22-10-3-4-13-26-22)15-18-8-5-7-16-6-1-2-9-19(16)18/h1-14H,15H2. The Labute approximate surface area is 173 Å². The summed E-state index contributed by atoms with van der Waals surface area (Å²) in [5.74, 6) is 0.386. The van der Waals surface area contributed by atoms with Crippen LogP contribution in [0.25, 0.3) is 10.8 Å². The van der Waals surface area contributed by atoms with Crippen LogP contribution in [0.15, 0.2) is 85.1 Å². The molecule has 28 heavy (non-hydrogen) atoms. The number of rotatable bonds is 4. The first kappa shape index (κ1) is 18.5. The number of hydrogen-bond acceptors (Lipinski definition) is 2. The first-order chi connectivity index (χ1) is 13.6. The molecule has 4 aromatic rings. The molecule has 0 atom stereocenters. The highest BCUT2D eigenvalue weighted by Crippen LogP contribution is 2.26. The number of benzene rings is 3. The van der Waals surface area contributed by atoms with Gasteiger partial charge in [0.2, 0.25) is 0 Å². The van der Waals surface area contributed by atoms with Gasteiger partial charge >= 0.3 is 0 Å². The van der Waals surface area contributed by atoms with E-state index in [1.807, 2.05) is 42.5 Å². The van der Waals surface area contributed by atoms with Crippen molar-refractivity contribution in [3.8, 4) is 0 Å². The van der Waals surface area contributed by atoms with Crippen molar-refractivity contribution in [2.24, 2.45) is 0 Å². The second-order valence-corrected chi connectivity index (χ2v) is 7.16. The molecule has 1 heterocycles. The summed E-state index contributed by atoms with van der Waals surface area (Å²) in [5.41, 5.74) is 1.50. The number of anilines is 1. The fraction of sp³-hybridized carbons (Fsp3) is 0.0435. The van der Waals surface area contributed by atoms with E-state index in [9.17, 15) is 4.79 Å². The van der Waals surface area contributed by atoms with Crippen LogP contribution in [-0.2, 0) is 6.54 Å². The van der Waals surface area contributed by atoms with Crippen LogP contribution in [0, 0.1) is 0 Å². The monoisotopic (exact) mass is 406 g/mol. The van der Waals surface area contributed by atoms with Crippen LogP contribution in [0.2, 0.25) is 10.0 Å². The number of nitrogens with zero attached hydrogens (tertiary/aromatic N) is 2. The van der Waals surface area contributed by atoms with Crippen LogP contribution < -0.4 is 4.90 Å². The van der Waals surface area contributed by atoms with E-state index in [0.29, 0.717) is 28.0 Å². The fourth-order valence-electron chi connectivity index (χ4n) is 3.16. The zero-order valence-electron chi connectivity index (χ0n) is 14.8. The van der Waals surface area contributed by atoms with E-state index in [1.54, 1.807) is 29.3 Å². The first-order valence-electron chi connectivity index (χ1n) is 8.78. The maximum absolute atomic E-state index is 13.3. The summed E-state index contributed by atoms with van der Waals surface area (Å²) in [6.45, 7) is 0.386. The van der Waals surface area contributed by atoms with E-state index in [1.165, 1.54) is 0 Å². The Balaban J connectivity index is 1.78. The van der Waals surface area contributed by atoms with Gasteiger partial charge in [-0.15, -0.1) is 0 Å². The van der Waals surface area contributed by atoms with E-state index in [0.717, 1.165) is 16.3 Å². The largest absolute Gasteiger partial charge is 0.288 e. The van der Waals surface area contributed by atoms with Crippen LogP contribution in [0.3, 0.4) is 0 Å². The van der Waals surface area contributed by atoms with Gasteiger partial charge in [0, 0.05) is 11.8 Å². The van der Waals surface area contributed by atoms with Gasteiger partial charge in [0.25, 0.3) is 5.91 Å². The number of pyridine rings is 1. The maximum Gasteiger partial charge on any atom is 0.259 e. The Morgan fingerprint density at radius 3 is 2.43 bits per heavy atom. The first-order valence-corrected chi connectivity index (χ1v) is 9.53. The summed E-state index contributed by atoms with van der Waals surface area (Å²) in [6.07, 6.45) is 1.67. The Kier molecular flexibility index (Phi) is 5.29. The average Bonchev–Trinajstić information content (AvgIpc) is 2.74. The minimum atomic E-state index is -0.190. The van der Waals surface area contributed by atoms with Crippen LogP contribution in [0.1, 0.15) is 15.9 Å². The lowest BCUT2D eigenvalue weighted by molar-refractivity contribution is 0.0984. The predicted octanol–water partition coefficient (Wildman–Crippen LogP) is 6.39. The van der Waals surface area contributed by atoms with Gasteiger partial charge < -0.3 is 0 Å². The van der Waals surface area contributed by atoms with Crippen molar-refractivity contribution in [1.82, 2.24) is 4.98 Å². The van der Waals surface area contributed by atoms with Crippen LogP contribution in [0.4, 0.5) is 5.82 Å².